The molecule has 4 heteroatoms. The number of hydrogen-bond acceptors (Lipinski definition) is 4. The van der Waals surface area contributed by atoms with E-state index in [1.807, 2.05) is 54.6 Å². The second kappa shape index (κ2) is 8.87. The predicted molar refractivity (Wildman–Crippen MR) is 81.1 cm³/mol. The van der Waals surface area contributed by atoms with Crippen molar-refractivity contribution in [2.24, 2.45) is 0 Å². The minimum atomic E-state index is -0.0146. The zero-order valence-corrected chi connectivity index (χ0v) is 11.9. The number of benzene rings is 2. The van der Waals surface area contributed by atoms with Gasteiger partial charge in [-0.2, -0.15) is 0 Å². The van der Waals surface area contributed by atoms with Gasteiger partial charge in [-0.25, -0.2) is 0 Å². The highest BCUT2D eigenvalue weighted by atomic mass is 16.5. The third-order valence-electron chi connectivity index (χ3n) is 2.76. The molecule has 0 aliphatic carbocycles. The van der Waals surface area contributed by atoms with Gasteiger partial charge in [0, 0.05) is 6.42 Å². The Morgan fingerprint density at radius 1 is 0.667 bits per heavy atom. The van der Waals surface area contributed by atoms with Crippen LogP contribution in [0.3, 0.4) is 0 Å². The summed E-state index contributed by atoms with van der Waals surface area (Å²) in [5, 5.41) is 8.79. The van der Waals surface area contributed by atoms with Crippen LogP contribution in [-0.4, -0.2) is 31.5 Å². The topological polar surface area (TPSA) is 47.9 Å². The van der Waals surface area contributed by atoms with Crippen LogP contribution in [-0.2, 0) is 0 Å². The zero-order valence-electron chi connectivity index (χ0n) is 11.9. The van der Waals surface area contributed by atoms with Crippen LogP contribution in [0.5, 0.6) is 17.2 Å². The smallest absolute Gasteiger partial charge is 0.161 e. The first-order valence-corrected chi connectivity index (χ1v) is 7.03. The van der Waals surface area contributed by atoms with E-state index in [9.17, 15) is 0 Å². The maximum Gasteiger partial charge on any atom is 0.161 e. The number of aliphatic hydroxyl groups excluding tert-OH is 1. The third-order valence-corrected chi connectivity index (χ3v) is 2.76. The number of rotatable bonds is 9. The Morgan fingerprint density at radius 2 is 1.24 bits per heavy atom. The van der Waals surface area contributed by atoms with Crippen LogP contribution < -0.4 is 14.2 Å². The van der Waals surface area contributed by atoms with Crippen molar-refractivity contribution in [1.82, 2.24) is 0 Å². The summed E-state index contributed by atoms with van der Waals surface area (Å²) >= 11 is 0. The summed E-state index contributed by atoms with van der Waals surface area (Å²) < 4.78 is 16.7. The molecule has 2 rings (SSSR count). The number of aliphatic hydroxyl groups is 1. The Balaban J connectivity index is 1.71. The Morgan fingerprint density at radius 3 is 1.90 bits per heavy atom. The lowest BCUT2D eigenvalue weighted by Crippen LogP contribution is -2.07. The molecule has 0 saturated carbocycles. The summed E-state index contributed by atoms with van der Waals surface area (Å²) in [5.74, 6) is 2.20. The van der Waals surface area contributed by atoms with Crippen molar-refractivity contribution >= 4 is 0 Å². The highest BCUT2D eigenvalue weighted by Gasteiger charge is 2.03. The molecule has 0 unspecified atom stereocenters. The standard InChI is InChI=1S/C17H20O4/c18-11-14-21-17-10-5-4-9-16(17)20-13-6-12-19-15-7-2-1-3-8-15/h1-5,7-10,18H,6,11-14H2. The van der Waals surface area contributed by atoms with E-state index < -0.39 is 0 Å². The molecule has 0 bridgehead atoms. The van der Waals surface area contributed by atoms with Crippen LogP contribution in [0.2, 0.25) is 0 Å². The van der Waals surface area contributed by atoms with Crippen molar-refractivity contribution in [3.05, 3.63) is 54.6 Å². The minimum absolute atomic E-state index is 0.0146. The Kier molecular flexibility index (Phi) is 6.42. The molecular weight excluding hydrogens is 268 g/mol. The van der Waals surface area contributed by atoms with Crippen molar-refractivity contribution in [3.8, 4) is 17.2 Å². The molecule has 0 aliphatic heterocycles. The van der Waals surface area contributed by atoms with E-state index in [0.717, 1.165) is 12.2 Å². The highest BCUT2D eigenvalue weighted by molar-refractivity contribution is 5.39. The Labute approximate surface area is 124 Å². The van der Waals surface area contributed by atoms with Gasteiger partial charge in [0.2, 0.25) is 0 Å². The van der Waals surface area contributed by atoms with Crippen LogP contribution in [0.4, 0.5) is 0 Å². The molecule has 0 atom stereocenters. The molecule has 0 saturated heterocycles. The molecule has 4 nitrogen and oxygen atoms in total. The van der Waals surface area contributed by atoms with Gasteiger partial charge in [-0.15, -0.1) is 0 Å². The lowest BCUT2D eigenvalue weighted by Gasteiger charge is -2.12. The summed E-state index contributed by atoms with van der Waals surface area (Å²) in [6, 6.07) is 17.1. The quantitative estimate of drug-likeness (QED) is 0.721. The maximum absolute atomic E-state index is 8.79. The van der Waals surface area contributed by atoms with E-state index in [1.165, 1.54) is 0 Å². The molecule has 0 spiro atoms. The van der Waals surface area contributed by atoms with Crippen LogP contribution >= 0.6 is 0 Å². The van der Waals surface area contributed by atoms with Gasteiger partial charge in [0.05, 0.1) is 19.8 Å². The van der Waals surface area contributed by atoms with Gasteiger partial charge in [-0.3, -0.25) is 0 Å². The molecule has 0 aromatic heterocycles. The van der Waals surface area contributed by atoms with E-state index in [2.05, 4.69) is 0 Å². The van der Waals surface area contributed by atoms with Crippen molar-refractivity contribution in [2.75, 3.05) is 26.4 Å². The van der Waals surface area contributed by atoms with E-state index in [0.29, 0.717) is 24.7 Å². The zero-order chi connectivity index (χ0) is 14.8. The van der Waals surface area contributed by atoms with Gasteiger partial charge in [0.25, 0.3) is 0 Å². The minimum Gasteiger partial charge on any atom is -0.493 e. The van der Waals surface area contributed by atoms with E-state index in [1.54, 1.807) is 0 Å². The third kappa shape index (κ3) is 5.36. The highest BCUT2D eigenvalue weighted by Crippen LogP contribution is 2.26. The first-order chi connectivity index (χ1) is 10.4. The van der Waals surface area contributed by atoms with Gasteiger partial charge in [-0.05, 0) is 24.3 Å². The Bertz CT molecular complexity index is 513. The molecule has 2 aromatic rings. The first-order valence-electron chi connectivity index (χ1n) is 7.03. The van der Waals surface area contributed by atoms with Gasteiger partial charge in [-0.1, -0.05) is 30.3 Å². The molecule has 0 radical (unpaired) electrons. The van der Waals surface area contributed by atoms with Crippen molar-refractivity contribution in [2.45, 2.75) is 6.42 Å². The molecule has 112 valence electrons. The fourth-order valence-corrected chi connectivity index (χ4v) is 1.79. The summed E-state index contributed by atoms with van der Waals surface area (Å²) in [5.41, 5.74) is 0. The van der Waals surface area contributed by atoms with Crippen LogP contribution in [0, 0.1) is 0 Å². The molecule has 0 aliphatic rings. The molecular formula is C17H20O4. The Hall–Kier alpha value is -2.20. The average Bonchev–Trinajstić information content (AvgIpc) is 2.54. The van der Waals surface area contributed by atoms with Gasteiger partial charge >= 0.3 is 0 Å². The second-order valence-electron chi connectivity index (χ2n) is 4.38. The SMILES string of the molecule is OCCOc1ccccc1OCCCOc1ccccc1. The second-order valence-corrected chi connectivity index (χ2v) is 4.38. The normalized spacial score (nSPS) is 10.1. The molecule has 21 heavy (non-hydrogen) atoms. The summed E-state index contributed by atoms with van der Waals surface area (Å²) in [6.45, 7) is 1.40. The largest absolute Gasteiger partial charge is 0.493 e. The number of ether oxygens (including phenoxy) is 3. The van der Waals surface area contributed by atoms with Crippen molar-refractivity contribution in [1.29, 1.82) is 0 Å². The fourth-order valence-electron chi connectivity index (χ4n) is 1.79. The van der Waals surface area contributed by atoms with E-state index in [-0.39, 0.29) is 13.2 Å². The van der Waals surface area contributed by atoms with Crippen LogP contribution in [0.1, 0.15) is 6.42 Å². The van der Waals surface area contributed by atoms with Gasteiger partial charge < -0.3 is 19.3 Å². The fraction of sp³-hybridized carbons (Fsp3) is 0.294. The lowest BCUT2D eigenvalue weighted by atomic mass is 10.3. The van der Waals surface area contributed by atoms with Crippen LogP contribution in [0.15, 0.2) is 54.6 Å². The van der Waals surface area contributed by atoms with Crippen molar-refractivity contribution in [3.63, 3.8) is 0 Å². The molecule has 2 aromatic carbocycles. The monoisotopic (exact) mass is 288 g/mol. The lowest BCUT2D eigenvalue weighted by molar-refractivity contribution is 0.190. The van der Waals surface area contributed by atoms with Gasteiger partial charge in [0.15, 0.2) is 11.5 Å². The number of para-hydroxylation sites is 3. The summed E-state index contributed by atoms with van der Waals surface area (Å²) in [6.07, 6.45) is 0.781. The molecule has 0 fully saturated rings. The maximum atomic E-state index is 8.79. The van der Waals surface area contributed by atoms with Gasteiger partial charge in [0.1, 0.15) is 12.4 Å². The number of hydrogen-bond donors (Lipinski definition) is 1. The van der Waals surface area contributed by atoms with E-state index in [4.69, 9.17) is 19.3 Å². The molecule has 1 N–H and O–H groups in total. The molecule has 0 heterocycles. The summed E-state index contributed by atoms with van der Waals surface area (Å²) in [4.78, 5) is 0. The van der Waals surface area contributed by atoms with Crippen LogP contribution in [0.25, 0.3) is 0 Å². The van der Waals surface area contributed by atoms with Crippen molar-refractivity contribution < 1.29 is 19.3 Å². The van der Waals surface area contributed by atoms with E-state index >= 15 is 0 Å². The summed E-state index contributed by atoms with van der Waals surface area (Å²) in [7, 11) is 0. The average molecular weight is 288 g/mol. The molecule has 0 amide bonds. The first kappa shape index (κ1) is 15.2. The predicted octanol–water partition coefficient (Wildman–Crippen LogP) is 2.91.